The van der Waals surface area contributed by atoms with Gasteiger partial charge in [-0.3, -0.25) is 4.79 Å². The van der Waals surface area contributed by atoms with E-state index in [1.807, 2.05) is 53.4 Å². The molecule has 0 saturated heterocycles. The SMILES string of the molecule is COc1cccc(C(=O)N2c3ccccc3[C@H](Nc3ccc(Cl)cn3)C[C@@H]2C)c1. The first kappa shape index (κ1) is 19.3. The van der Waals surface area contributed by atoms with Crippen molar-refractivity contribution < 1.29 is 9.53 Å². The largest absolute Gasteiger partial charge is 0.497 e. The fourth-order valence-electron chi connectivity index (χ4n) is 3.79. The zero-order chi connectivity index (χ0) is 20.4. The van der Waals surface area contributed by atoms with Crippen molar-refractivity contribution in [3.63, 3.8) is 0 Å². The van der Waals surface area contributed by atoms with Crippen molar-refractivity contribution in [3.05, 3.63) is 83.0 Å². The van der Waals surface area contributed by atoms with Gasteiger partial charge in [-0.25, -0.2) is 4.98 Å². The molecule has 2 heterocycles. The van der Waals surface area contributed by atoms with E-state index >= 15 is 0 Å². The highest BCUT2D eigenvalue weighted by atomic mass is 35.5. The lowest BCUT2D eigenvalue weighted by molar-refractivity contribution is 0.0974. The van der Waals surface area contributed by atoms with Gasteiger partial charge in [0.2, 0.25) is 0 Å². The second kappa shape index (κ2) is 8.13. The van der Waals surface area contributed by atoms with Crippen LogP contribution in [0.2, 0.25) is 5.02 Å². The van der Waals surface area contributed by atoms with E-state index in [1.54, 1.807) is 19.4 Å². The van der Waals surface area contributed by atoms with Crippen LogP contribution in [0.25, 0.3) is 0 Å². The number of ether oxygens (including phenoxy) is 1. The molecular weight excluding hydrogens is 386 g/mol. The number of halogens is 1. The van der Waals surface area contributed by atoms with Gasteiger partial charge in [-0.1, -0.05) is 35.9 Å². The van der Waals surface area contributed by atoms with Crippen molar-refractivity contribution in [1.29, 1.82) is 0 Å². The highest BCUT2D eigenvalue weighted by molar-refractivity contribution is 6.30. The van der Waals surface area contributed by atoms with Crippen LogP contribution in [-0.4, -0.2) is 24.0 Å². The average Bonchev–Trinajstić information content (AvgIpc) is 2.75. The molecule has 1 aromatic heterocycles. The molecule has 0 aliphatic carbocycles. The molecule has 4 rings (SSSR count). The summed E-state index contributed by atoms with van der Waals surface area (Å²) in [5, 5.41) is 4.08. The van der Waals surface area contributed by atoms with Crippen molar-refractivity contribution >= 4 is 29.0 Å². The summed E-state index contributed by atoms with van der Waals surface area (Å²) in [4.78, 5) is 19.6. The van der Waals surface area contributed by atoms with Gasteiger partial charge in [-0.15, -0.1) is 0 Å². The minimum Gasteiger partial charge on any atom is -0.497 e. The predicted octanol–water partition coefficient (Wildman–Crippen LogP) is 5.34. The molecule has 6 heteroatoms. The zero-order valence-corrected chi connectivity index (χ0v) is 17.1. The lowest BCUT2D eigenvalue weighted by atomic mass is 9.91. The Kier molecular flexibility index (Phi) is 5.41. The lowest BCUT2D eigenvalue weighted by Gasteiger charge is -2.39. The molecular formula is C23H22ClN3O2. The van der Waals surface area contributed by atoms with E-state index in [1.165, 1.54) is 0 Å². The molecule has 0 saturated carbocycles. The minimum atomic E-state index is -0.0353. The van der Waals surface area contributed by atoms with Crippen LogP contribution in [0.15, 0.2) is 66.9 Å². The summed E-state index contributed by atoms with van der Waals surface area (Å²) >= 11 is 5.95. The smallest absolute Gasteiger partial charge is 0.258 e. The van der Waals surface area contributed by atoms with Crippen LogP contribution >= 0.6 is 11.6 Å². The third kappa shape index (κ3) is 3.91. The number of nitrogens with zero attached hydrogens (tertiary/aromatic N) is 2. The van der Waals surface area contributed by atoms with Crippen molar-refractivity contribution in [2.45, 2.75) is 25.4 Å². The molecule has 2 atom stereocenters. The van der Waals surface area contributed by atoms with Gasteiger partial charge in [0, 0.05) is 23.5 Å². The molecule has 1 aliphatic heterocycles. The summed E-state index contributed by atoms with van der Waals surface area (Å²) in [6.07, 6.45) is 2.39. The Labute approximate surface area is 175 Å². The normalized spacial score (nSPS) is 18.1. The summed E-state index contributed by atoms with van der Waals surface area (Å²) in [5.74, 6) is 1.39. The molecule has 1 aliphatic rings. The minimum absolute atomic E-state index is 0.00778. The molecule has 0 radical (unpaired) electrons. The number of benzene rings is 2. The number of anilines is 2. The number of amides is 1. The molecule has 0 bridgehead atoms. The average molecular weight is 408 g/mol. The van der Waals surface area contributed by atoms with Crippen LogP contribution in [0.1, 0.15) is 35.3 Å². The number of rotatable bonds is 4. The summed E-state index contributed by atoms with van der Waals surface area (Å²) in [5.41, 5.74) is 2.58. The van der Waals surface area contributed by atoms with Crippen molar-refractivity contribution in [1.82, 2.24) is 4.98 Å². The molecule has 3 aromatic rings. The predicted molar refractivity (Wildman–Crippen MR) is 116 cm³/mol. The molecule has 0 unspecified atom stereocenters. The number of nitrogens with one attached hydrogen (secondary N) is 1. The van der Waals surface area contributed by atoms with Gasteiger partial charge in [-0.2, -0.15) is 0 Å². The monoisotopic (exact) mass is 407 g/mol. The van der Waals surface area contributed by atoms with Gasteiger partial charge in [0.1, 0.15) is 11.6 Å². The summed E-state index contributed by atoms with van der Waals surface area (Å²) in [6, 6.07) is 19.0. The third-order valence-corrected chi connectivity index (χ3v) is 5.40. The number of aromatic nitrogens is 1. The van der Waals surface area contributed by atoms with Gasteiger partial charge < -0.3 is 15.0 Å². The maximum atomic E-state index is 13.4. The van der Waals surface area contributed by atoms with E-state index in [0.717, 1.165) is 23.5 Å². The Bertz CT molecular complexity index is 1020. The van der Waals surface area contributed by atoms with Crippen molar-refractivity contribution in [2.24, 2.45) is 0 Å². The van der Waals surface area contributed by atoms with Crippen LogP contribution in [-0.2, 0) is 0 Å². The quantitative estimate of drug-likeness (QED) is 0.634. The molecule has 5 nitrogen and oxygen atoms in total. The van der Waals surface area contributed by atoms with E-state index in [0.29, 0.717) is 16.3 Å². The molecule has 0 spiro atoms. The number of fused-ring (bicyclic) bond motifs is 1. The number of pyridine rings is 1. The van der Waals surface area contributed by atoms with Crippen LogP contribution < -0.4 is 15.0 Å². The Hall–Kier alpha value is -3.05. The van der Waals surface area contributed by atoms with Crippen LogP contribution in [0.4, 0.5) is 11.5 Å². The summed E-state index contributed by atoms with van der Waals surface area (Å²) in [7, 11) is 1.60. The molecule has 0 fully saturated rings. The van der Waals surface area contributed by atoms with Gasteiger partial charge in [0.15, 0.2) is 0 Å². The van der Waals surface area contributed by atoms with Gasteiger partial charge >= 0.3 is 0 Å². The zero-order valence-electron chi connectivity index (χ0n) is 16.3. The van der Waals surface area contributed by atoms with E-state index in [-0.39, 0.29) is 18.0 Å². The number of carbonyl (C=O) groups is 1. The third-order valence-electron chi connectivity index (χ3n) is 5.17. The van der Waals surface area contributed by atoms with E-state index in [2.05, 4.69) is 23.3 Å². The van der Waals surface area contributed by atoms with E-state index < -0.39 is 0 Å². The highest BCUT2D eigenvalue weighted by Gasteiger charge is 2.34. The lowest BCUT2D eigenvalue weighted by Crippen LogP contribution is -2.44. The Morgan fingerprint density at radius 1 is 1.17 bits per heavy atom. The molecule has 148 valence electrons. The number of para-hydroxylation sites is 1. The first-order chi connectivity index (χ1) is 14.1. The summed E-state index contributed by atoms with van der Waals surface area (Å²) < 4.78 is 5.28. The maximum Gasteiger partial charge on any atom is 0.258 e. The topological polar surface area (TPSA) is 54.5 Å². The number of hydrogen-bond donors (Lipinski definition) is 1. The molecule has 1 N–H and O–H groups in total. The van der Waals surface area contributed by atoms with Gasteiger partial charge in [-0.05, 0) is 55.3 Å². The van der Waals surface area contributed by atoms with Gasteiger partial charge in [0.25, 0.3) is 5.91 Å². The standard InChI is InChI=1S/C23H22ClN3O2/c1-15-12-20(26-22-11-10-17(24)14-25-22)19-8-3-4-9-21(19)27(15)23(28)16-6-5-7-18(13-16)29-2/h3-11,13-15,20H,12H2,1-2H3,(H,25,26)/t15-,20+/m0/s1. The fraction of sp³-hybridized carbons (Fsp3) is 0.217. The van der Waals surface area contributed by atoms with Crippen molar-refractivity contribution in [2.75, 3.05) is 17.3 Å². The number of hydrogen-bond acceptors (Lipinski definition) is 4. The molecule has 1 amide bonds. The van der Waals surface area contributed by atoms with Crippen molar-refractivity contribution in [3.8, 4) is 5.75 Å². The summed E-state index contributed by atoms with van der Waals surface area (Å²) in [6.45, 7) is 2.07. The Morgan fingerprint density at radius 3 is 2.76 bits per heavy atom. The molecule has 2 aromatic carbocycles. The first-order valence-electron chi connectivity index (χ1n) is 9.51. The van der Waals surface area contributed by atoms with Crippen LogP contribution in [0.5, 0.6) is 5.75 Å². The Balaban J connectivity index is 1.67. The highest BCUT2D eigenvalue weighted by Crippen LogP contribution is 2.39. The van der Waals surface area contributed by atoms with Crippen LogP contribution in [0.3, 0.4) is 0 Å². The fourth-order valence-corrected chi connectivity index (χ4v) is 3.91. The van der Waals surface area contributed by atoms with Crippen LogP contribution in [0, 0.1) is 0 Å². The first-order valence-corrected chi connectivity index (χ1v) is 9.89. The maximum absolute atomic E-state index is 13.4. The number of methoxy groups -OCH3 is 1. The van der Waals surface area contributed by atoms with E-state index in [9.17, 15) is 4.79 Å². The Morgan fingerprint density at radius 2 is 2.00 bits per heavy atom. The second-order valence-corrected chi connectivity index (χ2v) is 7.55. The molecule has 29 heavy (non-hydrogen) atoms. The second-order valence-electron chi connectivity index (χ2n) is 7.11. The van der Waals surface area contributed by atoms with Gasteiger partial charge in [0.05, 0.1) is 18.2 Å². The number of carbonyl (C=O) groups excluding carboxylic acids is 1. The van der Waals surface area contributed by atoms with E-state index in [4.69, 9.17) is 16.3 Å².